The number of aromatic nitrogens is 2. The maximum atomic E-state index is 11.8. The first-order valence-corrected chi connectivity index (χ1v) is 10.7. The molecule has 0 aliphatic carbocycles. The Labute approximate surface area is 187 Å². The fraction of sp³-hybridized carbons (Fsp3) is 0.292. The van der Waals surface area contributed by atoms with Crippen molar-refractivity contribution in [3.8, 4) is 5.69 Å². The number of thiocarbonyl (C=S) groups is 1. The lowest BCUT2D eigenvalue weighted by Crippen LogP contribution is -2.35. The maximum absolute atomic E-state index is 11.8. The SMILES string of the molecule is Cc1cc([C@H]2[C@H](c3ccccn3)NC(=S)N2C(C)C)c(C)n1-c1ccccc1C(=O)O. The average Bonchev–Trinajstić information content (AvgIpc) is 3.24. The molecule has 0 radical (unpaired) electrons. The molecule has 0 saturated carbocycles. The molecule has 2 N–H and O–H groups in total. The van der Waals surface area contributed by atoms with Crippen LogP contribution in [-0.2, 0) is 0 Å². The number of hydrogen-bond acceptors (Lipinski definition) is 3. The summed E-state index contributed by atoms with van der Waals surface area (Å²) < 4.78 is 2.02. The van der Waals surface area contributed by atoms with Crippen LogP contribution in [0.1, 0.15) is 58.9 Å². The fourth-order valence-corrected chi connectivity index (χ4v) is 5.01. The van der Waals surface area contributed by atoms with Crippen LogP contribution in [-0.4, -0.2) is 36.7 Å². The number of benzene rings is 1. The van der Waals surface area contributed by atoms with E-state index in [1.165, 1.54) is 0 Å². The number of hydrogen-bond donors (Lipinski definition) is 2. The van der Waals surface area contributed by atoms with Gasteiger partial charge in [0, 0.05) is 23.6 Å². The summed E-state index contributed by atoms with van der Waals surface area (Å²) in [5.74, 6) is -0.941. The van der Waals surface area contributed by atoms with Gasteiger partial charge < -0.3 is 19.9 Å². The molecule has 1 aromatic carbocycles. The van der Waals surface area contributed by atoms with E-state index in [0.29, 0.717) is 10.8 Å². The first-order valence-electron chi connectivity index (χ1n) is 10.3. The molecule has 1 aliphatic rings. The van der Waals surface area contributed by atoms with Crippen molar-refractivity contribution < 1.29 is 9.90 Å². The van der Waals surface area contributed by atoms with Crippen molar-refractivity contribution in [3.05, 3.63) is 82.9 Å². The fourth-order valence-electron chi connectivity index (χ4n) is 4.56. The molecule has 0 spiro atoms. The summed E-state index contributed by atoms with van der Waals surface area (Å²) in [6.07, 6.45) is 1.79. The molecule has 2 atom stereocenters. The third-order valence-corrected chi connectivity index (χ3v) is 6.18. The summed E-state index contributed by atoms with van der Waals surface area (Å²) in [6.45, 7) is 8.29. The molecule has 3 aromatic rings. The van der Waals surface area contributed by atoms with E-state index in [9.17, 15) is 9.90 Å². The Morgan fingerprint density at radius 3 is 2.52 bits per heavy atom. The van der Waals surface area contributed by atoms with Gasteiger partial charge in [-0.3, -0.25) is 4.98 Å². The van der Waals surface area contributed by atoms with E-state index in [4.69, 9.17) is 12.2 Å². The van der Waals surface area contributed by atoms with E-state index < -0.39 is 5.97 Å². The number of rotatable bonds is 5. The first kappa shape index (κ1) is 21.1. The van der Waals surface area contributed by atoms with Gasteiger partial charge >= 0.3 is 5.97 Å². The number of carbonyl (C=O) groups is 1. The number of aryl methyl sites for hydroxylation is 1. The molecule has 1 saturated heterocycles. The molecule has 1 aliphatic heterocycles. The van der Waals surface area contributed by atoms with E-state index in [1.54, 1.807) is 18.3 Å². The minimum atomic E-state index is -0.941. The van der Waals surface area contributed by atoms with Crippen molar-refractivity contribution in [2.45, 2.75) is 45.8 Å². The Morgan fingerprint density at radius 1 is 1.16 bits per heavy atom. The van der Waals surface area contributed by atoms with Gasteiger partial charge in [0.25, 0.3) is 0 Å². The van der Waals surface area contributed by atoms with Gasteiger partial charge in [0.05, 0.1) is 29.0 Å². The first-order chi connectivity index (χ1) is 14.8. The second kappa shape index (κ2) is 8.15. The Balaban J connectivity index is 1.89. The van der Waals surface area contributed by atoms with Crippen LogP contribution in [0, 0.1) is 13.8 Å². The molecule has 1 fully saturated rings. The standard InChI is InChI=1S/C24H26N4O2S/c1-14(2)27-22(21(26-24(27)31)19-10-7-8-12-25-19)18-13-15(3)28(16(18)4)20-11-6-5-9-17(20)23(29)30/h5-14,21-22H,1-4H3,(H,26,31)(H,29,30)/t21-,22-/m0/s1. The molecule has 0 amide bonds. The summed E-state index contributed by atoms with van der Waals surface area (Å²) >= 11 is 5.70. The predicted molar refractivity (Wildman–Crippen MR) is 125 cm³/mol. The largest absolute Gasteiger partial charge is 0.478 e. The summed E-state index contributed by atoms with van der Waals surface area (Å²) in [4.78, 5) is 18.6. The molecular formula is C24H26N4O2S. The second-order valence-corrected chi connectivity index (χ2v) is 8.50. The zero-order valence-electron chi connectivity index (χ0n) is 18.0. The van der Waals surface area contributed by atoms with Gasteiger partial charge in [-0.15, -0.1) is 0 Å². The van der Waals surface area contributed by atoms with Gasteiger partial charge in [-0.2, -0.15) is 0 Å². The lowest BCUT2D eigenvalue weighted by molar-refractivity contribution is 0.0697. The lowest BCUT2D eigenvalue weighted by atomic mass is 9.96. The third-order valence-electron chi connectivity index (χ3n) is 5.86. The molecule has 6 nitrogen and oxygen atoms in total. The van der Waals surface area contributed by atoms with Crippen LogP contribution < -0.4 is 5.32 Å². The maximum Gasteiger partial charge on any atom is 0.337 e. The summed E-state index contributed by atoms with van der Waals surface area (Å²) in [5.41, 5.74) is 4.94. The van der Waals surface area contributed by atoms with Gasteiger partial charge in [0.1, 0.15) is 0 Å². The van der Waals surface area contributed by atoms with Crippen molar-refractivity contribution in [2.24, 2.45) is 0 Å². The highest BCUT2D eigenvalue weighted by atomic mass is 32.1. The minimum absolute atomic E-state index is 0.0562. The van der Waals surface area contributed by atoms with Gasteiger partial charge in [0.2, 0.25) is 0 Å². The quantitative estimate of drug-likeness (QED) is 0.574. The molecule has 0 bridgehead atoms. The highest BCUT2D eigenvalue weighted by Gasteiger charge is 2.42. The van der Waals surface area contributed by atoms with E-state index >= 15 is 0 Å². The van der Waals surface area contributed by atoms with Crippen LogP contribution in [0.3, 0.4) is 0 Å². The summed E-state index contributed by atoms with van der Waals surface area (Å²) in [6, 6.07) is 15.2. The van der Waals surface area contributed by atoms with Gasteiger partial charge in [-0.1, -0.05) is 18.2 Å². The Bertz CT molecular complexity index is 1140. The van der Waals surface area contributed by atoms with Gasteiger partial charge in [-0.25, -0.2) is 4.79 Å². The Kier molecular flexibility index (Phi) is 5.54. The Morgan fingerprint density at radius 2 is 1.87 bits per heavy atom. The van der Waals surface area contributed by atoms with Crippen molar-refractivity contribution >= 4 is 23.3 Å². The molecular weight excluding hydrogens is 408 g/mol. The van der Waals surface area contributed by atoms with Crippen molar-refractivity contribution in [3.63, 3.8) is 0 Å². The highest BCUT2D eigenvalue weighted by Crippen LogP contribution is 2.42. The third kappa shape index (κ3) is 3.59. The molecule has 0 unspecified atom stereocenters. The van der Waals surface area contributed by atoms with Gasteiger partial charge in [-0.05, 0) is 75.8 Å². The smallest absolute Gasteiger partial charge is 0.337 e. The number of pyridine rings is 1. The lowest BCUT2D eigenvalue weighted by Gasteiger charge is -2.31. The number of carboxylic acids is 1. The molecule has 4 rings (SSSR count). The molecule has 2 aromatic heterocycles. The van der Waals surface area contributed by atoms with E-state index in [-0.39, 0.29) is 23.7 Å². The zero-order chi connectivity index (χ0) is 22.3. The summed E-state index contributed by atoms with van der Waals surface area (Å²) in [7, 11) is 0. The number of nitrogens with one attached hydrogen (secondary N) is 1. The van der Waals surface area contributed by atoms with Crippen molar-refractivity contribution in [1.82, 2.24) is 19.8 Å². The van der Waals surface area contributed by atoms with Crippen LogP contribution in [0.4, 0.5) is 0 Å². The number of para-hydroxylation sites is 1. The van der Waals surface area contributed by atoms with E-state index in [2.05, 4.69) is 35.1 Å². The summed E-state index contributed by atoms with van der Waals surface area (Å²) in [5, 5.41) is 13.9. The predicted octanol–water partition coefficient (Wildman–Crippen LogP) is 4.57. The monoisotopic (exact) mass is 434 g/mol. The number of carboxylic acid groups (broad SMARTS) is 1. The van der Waals surface area contributed by atoms with Crippen molar-refractivity contribution in [1.29, 1.82) is 0 Å². The number of nitrogens with zero attached hydrogens (tertiary/aromatic N) is 3. The van der Waals surface area contributed by atoms with Crippen LogP contribution in [0.15, 0.2) is 54.7 Å². The van der Waals surface area contributed by atoms with Crippen LogP contribution in [0.25, 0.3) is 5.69 Å². The van der Waals surface area contributed by atoms with Gasteiger partial charge in [0.15, 0.2) is 5.11 Å². The Hall–Kier alpha value is -3.19. The normalized spacial score (nSPS) is 18.5. The zero-order valence-corrected chi connectivity index (χ0v) is 18.9. The number of aromatic carboxylic acids is 1. The van der Waals surface area contributed by atoms with Crippen LogP contribution >= 0.6 is 12.2 Å². The minimum Gasteiger partial charge on any atom is -0.478 e. The highest BCUT2D eigenvalue weighted by molar-refractivity contribution is 7.80. The molecule has 160 valence electrons. The van der Waals surface area contributed by atoms with E-state index in [0.717, 1.165) is 22.6 Å². The van der Waals surface area contributed by atoms with Crippen LogP contribution in [0.2, 0.25) is 0 Å². The second-order valence-electron chi connectivity index (χ2n) is 8.11. The van der Waals surface area contributed by atoms with E-state index in [1.807, 2.05) is 48.7 Å². The average molecular weight is 435 g/mol. The molecule has 3 heterocycles. The molecule has 7 heteroatoms. The van der Waals surface area contributed by atoms with Crippen LogP contribution in [0.5, 0.6) is 0 Å². The topological polar surface area (TPSA) is 70.4 Å². The molecule has 31 heavy (non-hydrogen) atoms. The van der Waals surface area contributed by atoms with Crippen molar-refractivity contribution in [2.75, 3.05) is 0 Å².